The number of nitrogens with zero attached hydrogens (tertiary/aromatic N) is 4. The van der Waals surface area contributed by atoms with Crippen molar-refractivity contribution in [1.82, 2.24) is 19.9 Å². The lowest BCUT2D eigenvalue weighted by atomic mass is 10.1. The van der Waals surface area contributed by atoms with Gasteiger partial charge in [-0.25, -0.2) is 4.79 Å². The zero-order chi connectivity index (χ0) is 14.5. The van der Waals surface area contributed by atoms with Gasteiger partial charge in [0.05, 0.1) is 19.4 Å². The number of methoxy groups -OCH3 is 1. The van der Waals surface area contributed by atoms with E-state index in [1.54, 1.807) is 4.90 Å². The van der Waals surface area contributed by atoms with Crippen LogP contribution in [-0.2, 0) is 16.1 Å². The maximum Gasteiger partial charge on any atom is 0.412 e. The number of carbonyl (C=O) groups excluding carboxylic acids is 2. The van der Waals surface area contributed by atoms with Gasteiger partial charge in [-0.2, -0.15) is 9.90 Å². The molecule has 0 aromatic carbocycles. The van der Waals surface area contributed by atoms with Gasteiger partial charge in [-0.15, -0.1) is 5.10 Å². The van der Waals surface area contributed by atoms with Crippen LogP contribution < -0.4 is 5.32 Å². The number of anilines is 1. The van der Waals surface area contributed by atoms with Crippen LogP contribution in [0.25, 0.3) is 0 Å². The molecule has 0 saturated carbocycles. The fourth-order valence-electron chi connectivity index (χ4n) is 1.99. The van der Waals surface area contributed by atoms with Crippen molar-refractivity contribution >= 4 is 17.8 Å². The molecule has 2 N–H and O–H groups in total. The van der Waals surface area contributed by atoms with Gasteiger partial charge in [0, 0.05) is 13.1 Å². The first-order chi connectivity index (χ1) is 9.58. The molecule has 9 nitrogen and oxygen atoms in total. The maximum absolute atomic E-state index is 12.0. The average Bonchev–Trinajstić information content (AvgIpc) is 2.85. The standard InChI is InChI=1S/C11H17N5O4/c1-20-11(19)13-9-5-12-16(14-9)7-10(18)15-4-2-3-8(17)6-15/h5,8,17H,2-4,6-7H2,1H3,(H,13,14,19). The molecule has 0 aliphatic carbocycles. The topological polar surface area (TPSA) is 110 Å². The number of carbonyl (C=O) groups is 2. The number of aliphatic hydroxyl groups excluding tert-OH is 1. The minimum atomic E-state index is -0.650. The second kappa shape index (κ2) is 6.33. The lowest BCUT2D eigenvalue weighted by molar-refractivity contribution is -0.135. The predicted octanol–water partition coefficient (Wildman–Crippen LogP) is -0.560. The number of hydrogen-bond acceptors (Lipinski definition) is 6. The minimum Gasteiger partial charge on any atom is -0.453 e. The fourth-order valence-corrected chi connectivity index (χ4v) is 1.99. The van der Waals surface area contributed by atoms with Crippen molar-refractivity contribution in [2.75, 3.05) is 25.5 Å². The average molecular weight is 283 g/mol. The highest BCUT2D eigenvalue weighted by Crippen LogP contribution is 2.10. The lowest BCUT2D eigenvalue weighted by Crippen LogP contribution is -2.43. The van der Waals surface area contributed by atoms with Crippen LogP contribution in [0.2, 0.25) is 0 Å². The van der Waals surface area contributed by atoms with E-state index in [2.05, 4.69) is 20.3 Å². The highest BCUT2D eigenvalue weighted by atomic mass is 16.5. The summed E-state index contributed by atoms with van der Waals surface area (Å²) in [5.74, 6) is 0.0484. The summed E-state index contributed by atoms with van der Waals surface area (Å²) in [6.07, 6.45) is 1.72. The molecule has 1 fully saturated rings. The van der Waals surface area contributed by atoms with Crippen molar-refractivity contribution in [3.63, 3.8) is 0 Å². The van der Waals surface area contributed by atoms with Gasteiger partial charge in [0.1, 0.15) is 6.54 Å². The van der Waals surface area contributed by atoms with E-state index < -0.39 is 12.2 Å². The summed E-state index contributed by atoms with van der Waals surface area (Å²) < 4.78 is 4.42. The van der Waals surface area contributed by atoms with Crippen LogP contribution in [0.1, 0.15) is 12.8 Å². The number of nitrogens with one attached hydrogen (secondary N) is 1. The molecule has 20 heavy (non-hydrogen) atoms. The Morgan fingerprint density at radius 3 is 3.10 bits per heavy atom. The number of aromatic nitrogens is 3. The molecule has 0 radical (unpaired) electrons. The summed E-state index contributed by atoms with van der Waals surface area (Å²) in [6, 6.07) is 0. The lowest BCUT2D eigenvalue weighted by Gasteiger charge is -2.29. The molecule has 0 spiro atoms. The van der Waals surface area contributed by atoms with Gasteiger partial charge in [0.15, 0.2) is 5.82 Å². The second-order valence-corrected chi connectivity index (χ2v) is 4.51. The summed E-state index contributed by atoms with van der Waals surface area (Å²) in [4.78, 5) is 25.8. The molecule has 1 aliphatic heterocycles. The predicted molar refractivity (Wildman–Crippen MR) is 67.9 cm³/mol. The Morgan fingerprint density at radius 2 is 2.40 bits per heavy atom. The second-order valence-electron chi connectivity index (χ2n) is 4.51. The molecule has 2 amide bonds. The van der Waals surface area contributed by atoms with Crippen molar-refractivity contribution in [3.8, 4) is 0 Å². The molecule has 9 heteroatoms. The third-order valence-corrected chi connectivity index (χ3v) is 2.98. The highest BCUT2D eigenvalue weighted by Gasteiger charge is 2.22. The molecule has 0 bridgehead atoms. The third kappa shape index (κ3) is 3.67. The van der Waals surface area contributed by atoms with Gasteiger partial charge in [-0.1, -0.05) is 0 Å². The molecule has 1 aliphatic rings. The maximum atomic E-state index is 12.0. The molecular formula is C11H17N5O4. The molecule has 110 valence electrons. The van der Waals surface area contributed by atoms with Crippen molar-refractivity contribution in [1.29, 1.82) is 0 Å². The van der Waals surface area contributed by atoms with Crippen molar-refractivity contribution < 1.29 is 19.4 Å². The smallest absolute Gasteiger partial charge is 0.412 e. The van der Waals surface area contributed by atoms with E-state index >= 15 is 0 Å². The number of aliphatic hydroxyl groups is 1. The van der Waals surface area contributed by atoms with Crippen LogP contribution in [-0.4, -0.2) is 63.3 Å². The van der Waals surface area contributed by atoms with E-state index in [1.807, 2.05) is 0 Å². The molecule has 2 rings (SSSR count). The quantitative estimate of drug-likeness (QED) is 0.769. The first-order valence-corrected chi connectivity index (χ1v) is 6.29. The van der Waals surface area contributed by atoms with Gasteiger partial charge in [0.25, 0.3) is 0 Å². The Balaban J connectivity index is 1.89. The van der Waals surface area contributed by atoms with Crippen LogP contribution >= 0.6 is 0 Å². The number of rotatable bonds is 3. The van der Waals surface area contributed by atoms with Crippen LogP contribution in [0, 0.1) is 0 Å². The zero-order valence-corrected chi connectivity index (χ0v) is 11.2. The molecule has 2 heterocycles. The molecular weight excluding hydrogens is 266 g/mol. The van der Waals surface area contributed by atoms with Gasteiger partial charge >= 0.3 is 6.09 Å². The summed E-state index contributed by atoms with van der Waals surface area (Å²) >= 11 is 0. The Labute approximate surface area is 115 Å². The molecule has 1 aromatic heterocycles. The van der Waals surface area contributed by atoms with E-state index in [9.17, 15) is 14.7 Å². The van der Waals surface area contributed by atoms with E-state index in [4.69, 9.17) is 0 Å². The first-order valence-electron chi connectivity index (χ1n) is 6.29. The van der Waals surface area contributed by atoms with E-state index in [0.717, 1.165) is 12.8 Å². The normalized spacial score (nSPS) is 18.7. The van der Waals surface area contributed by atoms with Gasteiger partial charge in [-0.3, -0.25) is 10.1 Å². The SMILES string of the molecule is COC(=O)Nc1cnn(CC(=O)N2CCCC(O)C2)n1. The van der Waals surface area contributed by atoms with Crippen molar-refractivity contribution in [2.24, 2.45) is 0 Å². The first kappa shape index (κ1) is 14.3. The summed E-state index contributed by atoms with van der Waals surface area (Å²) in [7, 11) is 1.24. The van der Waals surface area contributed by atoms with E-state index in [1.165, 1.54) is 18.1 Å². The fraction of sp³-hybridized carbons (Fsp3) is 0.636. The molecule has 1 atom stereocenters. The van der Waals surface area contributed by atoms with Crippen molar-refractivity contribution in [2.45, 2.75) is 25.5 Å². The van der Waals surface area contributed by atoms with Crippen LogP contribution in [0.4, 0.5) is 10.6 Å². The van der Waals surface area contributed by atoms with Gasteiger partial charge in [-0.05, 0) is 12.8 Å². The minimum absolute atomic E-state index is 0.0322. The van der Waals surface area contributed by atoms with Crippen LogP contribution in [0.5, 0.6) is 0 Å². The summed E-state index contributed by atoms with van der Waals surface area (Å²) in [5.41, 5.74) is 0. The number of piperidine rings is 1. The van der Waals surface area contributed by atoms with Crippen molar-refractivity contribution in [3.05, 3.63) is 6.20 Å². The Kier molecular flexibility index (Phi) is 4.51. The van der Waals surface area contributed by atoms with Crippen LogP contribution in [0.3, 0.4) is 0 Å². The van der Waals surface area contributed by atoms with Gasteiger partial charge < -0.3 is 14.7 Å². The molecule has 1 saturated heterocycles. The zero-order valence-electron chi connectivity index (χ0n) is 11.2. The molecule has 1 aromatic rings. The van der Waals surface area contributed by atoms with Crippen LogP contribution in [0.15, 0.2) is 6.20 Å². The number of hydrogen-bond donors (Lipinski definition) is 2. The Hall–Kier alpha value is -2.16. The summed E-state index contributed by atoms with van der Waals surface area (Å²) in [6.45, 7) is 0.938. The van der Waals surface area contributed by atoms with E-state index in [-0.39, 0.29) is 18.3 Å². The largest absolute Gasteiger partial charge is 0.453 e. The van der Waals surface area contributed by atoms with Gasteiger partial charge in [0.2, 0.25) is 5.91 Å². The third-order valence-electron chi connectivity index (χ3n) is 2.98. The number of likely N-dealkylation sites (tertiary alicyclic amines) is 1. The number of β-amino-alcohol motifs (C(OH)–C–C–N with tert-alkyl or cyclic N) is 1. The Morgan fingerprint density at radius 1 is 1.60 bits per heavy atom. The van der Waals surface area contributed by atoms with E-state index in [0.29, 0.717) is 13.1 Å². The number of ether oxygens (including phenoxy) is 1. The number of amides is 2. The highest BCUT2D eigenvalue weighted by molar-refractivity contribution is 5.82. The monoisotopic (exact) mass is 283 g/mol. The Bertz CT molecular complexity index is 489. The molecule has 1 unspecified atom stereocenters. The summed E-state index contributed by atoms with van der Waals surface area (Å²) in [5, 5.41) is 19.7.